The normalized spacial score (nSPS) is 30.5. The lowest BCUT2D eigenvalue weighted by molar-refractivity contribution is -0.144. The highest BCUT2D eigenvalue weighted by molar-refractivity contribution is 5.81. The van der Waals surface area contributed by atoms with E-state index in [9.17, 15) is 9.59 Å². The van der Waals surface area contributed by atoms with Crippen molar-refractivity contribution < 1.29 is 19.4 Å². The molecule has 5 heteroatoms. The van der Waals surface area contributed by atoms with Gasteiger partial charge < -0.3 is 14.7 Å². The summed E-state index contributed by atoms with van der Waals surface area (Å²) in [5, 5.41) is 9.04. The van der Waals surface area contributed by atoms with Gasteiger partial charge in [0.1, 0.15) is 0 Å². The third kappa shape index (κ3) is 2.44. The van der Waals surface area contributed by atoms with Crippen LogP contribution in [-0.4, -0.2) is 47.7 Å². The number of carboxylic acids is 1. The van der Waals surface area contributed by atoms with E-state index in [1.54, 1.807) is 4.90 Å². The van der Waals surface area contributed by atoms with Crippen LogP contribution in [0, 0.1) is 11.8 Å². The van der Waals surface area contributed by atoms with Crippen LogP contribution in [0.4, 0.5) is 0 Å². The fourth-order valence-electron chi connectivity index (χ4n) is 2.76. The van der Waals surface area contributed by atoms with E-state index in [0.29, 0.717) is 26.2 Å². The number of amides is 1. The van der Waals surface area contributed by atoms with Gasteiger partial charge in [-0.15, -0.1) is 0 Å². The summed E-state index contributed by atoms with van der Waals surface area (Å²) in [5.41, 5.74) is 0. The predicted octanol–water partition coefficient (Wildman–Crippen LogP) is 0.735. The Bertz CT molecular complexity index is 312. The lowest BCUT2D eigenvalue weighted by Gasteiger charge is -2.29. The summed E-state index contributed by atoms with van der Waals surface area (Å²) in [6.45, 7) is 3.69. The second-order valence-electron chi connectivity index (χ2n) is 4.89. The molecule has 0 aromatic heterocycles. The van der Waals surface area contributed by atoms with Gasteiger partial charge in [0.05, 0.1) is 5.92 Å². The van der Waals surface area contributed by atoms with Gasteiger partial charge in [-0.2, -0.15) is 0 Å². The molecule has 0 aliphatic carbocycles. The molecule has 96 valence electrons. The van der Waals surface area contributed by atoms with Crippen LogP contribution in [0.15, 0.2) is 0 Å². The van der Waals surface area contributed by atoms with E-state index in [2.05, 4.69) is 0 Å². The summed E-state index contributed by atoms with van der Waals surface area (Å²) >= 11 is 0. The van der Waals surface area contributed by atoms with Crippen molar-refractivity contribution >= 4 is 11.9 Å². The summed E-state index contributed by atoms with van der Waals surface area (Å²) < 4.78 is 5.23. The van der Waals surface area contributed by atoms with E-state index in [1.165, 1.54) is 0 Å². The van der Waals surface area contributed by atoms with E-state index in [-0.39, 0.29) is 17.9 Å². The van der Waals surface area contributed by atoms with Gasteiger partial charge in [-0.3, -0.25) is 9.59 Å². The Morgan fingerprint density at radius 1 is 1.24 bits per heavy atom. The standard InChI is InChI=1S/C12H19NO4/c1-8-10(12(15)16)2-5-13(8)11(14)9-3-6-17-7-4-9/h8-10H,2-7H2,1H3,(H,15,16). The van der Waals surface area contributed by atoms with E-state index >= 15 is 0 Å². The number of aliphatic carboxylic acids is 1. The quantitative estimate of drug-likeness (QED) is 0.774. The van der Waals surface area contributed by atoms with Crippen LogP contribution >= 0.6 is 0 Å². The second kappa shape index (κ2) is 5.04. The van der Waals surface area contributed by atoms with E-state index in [4.69, 9.17) is 9.84 Å². The topological polar surface area (TPSA) is 66.8 Å². The molecule has 2 atom stereocenters. The van der Waals surface area contributed by atoms with Gasteiger partial charge in [0.2, 0.25) is 5.91 Å². The van der Waals surface area contributed by atoms with Crippen molar-refractivity contribution in [3.8, 4) is 0 Å². The van der Waals surface area contributed by atoms with Crippen LogP contribution in [0.2, 0.25) is 0 Å². The van der Waals surface area contributed by atoms with Crippen LogP contribution in [0.1, 0.15) is 26.2 Å². The Labute approximate surface area is 101 Å². The van der Waals surface area contributed by atoms with E-state index in [1.807, 2.05) is 6.92 Å². The van der Waals surface area contributed by atoms with Crippen molar-refractivity contribution in [3.63, 3.8) is 0 Å². The number of carbonyl (C=O) groups excluding carboxylic acids is 1. The summed E-state index contributed by atoms with van der Waals surface area (Å²) in [5.74, 6) is -1.05. The molecule has 2 aliphatic rings. The molecule has 2 fully saturated rings. The summed E-state index contributed by atoms with van der Waals surface area (Å²) in [7, 11) is 0. The first-order chi connectivity index (χ1) is 8.11. The highest BCUT2D eigenvalue weighted by Crippen LogP contribution is 2.28. The molecule has 2 aliphatic heterocycles. The lowest BCUT2D eigenvalue weighted by Crippen LogP contribution is -2.42. The average molecular weight is 241 g/mol. The third-order valence-corrected chi connectivity index (χ3v) is 3.93. The molecule has 2 rings (SSSR count). The number of ether oxygens (including phenoxy) is 1. The summed E-state index contributed by atoms with van der Waals surface area (Å²) in [4.78, 5) is 25.0. The SMILES string of the molecule is CC1C(C(=O)O)CCN1C(=O)C1CCOCC1. The van der Waals surface area contributed by atoms with E-state index in [0.717, 1.165) is 12.8 Å². The summed E-state index contributed by atoms with van der Waals surface area (Å²) in [6, 6.07) is -0.178. The molecule has 0 aromatic carbocycles. The molecule has 0 saturated carbocycles. The van der Waals surface area contributed by atoms with Crippen molar-refractivity contribution in [1.29, 1.82) is 0 Å². The fourth-order valence-corrected chi connectivity index (χ4v) is 2.76. The number of hydrogen-bond acceptors (Lipinski definition) is 3. The maximum Gasteiger partial charge on any atom is 0.308 e. The van der Waals surface area contributed by atoms with E-state index < -0.39 is 11.9 Å². The zero-order valence-electron chi connectivity index (χ0n) is 10.1. The first kappa shape index (κ1) is 12.4. The van der Waals surface area contributed by atoms with Gasteiger partial charge in [0, 0.05) is 31.7 Å². The molecule has 2 saturated heterocycles. The van der Waals surface area contributed by atoms with Crippen molar-refractivity contribution in [3.05, 3.63) is 0 Å². The highest BCUT2D eigenvalue weighted by atomic mass is 16.5. The molecular weight excluding hydrogens is 222 g/mol. The van der Waals surface area contributed by atoms with Gasteiger partial charge in [-0.05, 0) is 26.2 Å². The Morgan fingerprint density at radius 3 is 2.41 bits per heavy atom. The maximum absolute atomic E-state index is 12.3. The first-order valence-electron chi connectivity index (χ1n) is 6.22. The van der Waals surface area contributed by atoms with Crippen molar-refractivity contribution in [2.45, 2.75) is 32.2 Å². The average Bonchev–Trinajstić information content (AvgIpc) is 2.71. The number of carbonyl (C=O) groups is 2. The van der Waals surface area contributed by atoms with Crippen LogP contribution in [0.25, 0.3) is 0 Å². The number of rotatable bonds is 2. The van der Waals surface area contributed by atoms with Crippen molar-refractivity contribution in [2.24, 2.45) is 11.8 Å². The molecule has 5 nitrogen and oxygen atoms in total. The van der Waals surface area contributed by atoms with Gasteiger partial charge in [0.15, 0.2) is 0 Å². The molecule has 0 radical (unpaired) electrons. The molecule has 17 heavy (non-hydrogen) atoms. The van der Waals surface area contributed by atoms with Gasteiger partial charge in [-0.25, -0.2) is 0 Å². The molecule has 1 N–H and O–H groups in total. The molecule has 1 amide bonds. The minimum atomic E-state index is -0.792. The molecule has 2 heterocycles. The maximum atomic E-state index is 12.3. The first-order valence-corrected chi connectivity index (χ1v) is 6.22. The minimum Gasteiger partial charge on any atom is -0.481 e. The number of likely N-dealkylation sites (tertiary alicyclic amines) is 1. The second-order valence-corrected chi connectivity index (χ2v) is 4.89. The third-order valence-electron chi connectivity index (χ3n) is 3.93. The number of carboxylic acid groups (broad SMARTS) is 1. The largest absolute Gasteiger partial charge is 0.481 e. The summed E-state index contributed by atoms with van der Waals surface area (Å²) in [6.07, 6.45) is 2.10. The Kier molecular flexibility index (Phi) is 3.66. The van der Waals surface area contributed by atoms with Crippen molar-refractivity contribution in [1.82, 2.24) is 4.90 Å². The Hall–Kier alpha value is -1.10. The van der Waals surface area contributed by atoms with Crippen LogP contribution in [0.5, 0.6) is 0 Å². The van der Waals surface area contributed by atoms with Crippen molar-refractivity contribution in [2.75, 3.05) is 19.8 Å². The smallest absolute Gasteiger partial charge is 0.308 e. The molecule has 0 aromatic rings. The number of nitrogens with zero attached hydrogens (tertiary/aromatic N) is 1. The number of hydrogen-bond donors (Lipinski definition) is 1. The van der Waals surface area contributed by atoms with Crippen LogP contribution in [0.3, 0.4) is 0 Å². The predicted molar refractivity (Wildman–Crippen MR) is 60.5 cm³/mol. The Balaban J connectivity index is 1.98. The lowest BCUT2D eigenvalue weighted by atomic mass is 9.97. The van der Waals surface area contributed by atoms with Crippen LogP contribution in [-0.2, 0) is 14.3 Å². The Morgan fingerprint density at radius 2 is 1.88 bits per heavy atom. The molecule has 2 unspecified atom stereocenters. The van der Waals surface area contributed by atoms with Gasteiger partial charge in [0.25, 0.3) is 0 Å². The molecular formula is C12H19NO4. The zero-order valence-corrected chi connectivity index (χ0v) is 10.1. The molecule has 0 spiro atoms. The highest BCUT2D eigenvalue weighted by Gasteiger charge is 2.40. The van der Waals surface area contributed by atoms with Gasteiger partial charge >= 0.3 is 5.97 Å². The van der Waals surface area contributed by atoms with Crippen LogP contribution < -0.4 is 0 Å². The minimum absolute atomic E-state index is 0.0266. The molecule has 0 bridgehead atoms. The monoisotopic (exact) mass is 241 g/mol. The zero-order chi connectivity index (χ0) is 12.4. The fraction of sp³-hybridized carbons (Fsp3) is 0.833. The van der Waals surface area contributed by atoms with Gasteiger partial charge in [-0.1, -0.05) is 0 Å².